The maximum Gasteiger partial charge on any atom is 0.0624 e. The Morgan fingerprint density at radius 1 is 1.61 bits per heavy atom. The van der Waals surface area contributed by atoms with E-state index in [2.05, 4.69) is 35.1 Å². The number of hydrogen-bond donors (Lipinski definition) is 2. The Bertz CT molecular complexity index is 371. The number of thioether (sulfide) groups is 1. The third-order valence-corrected chi connectivity index (χ3v) is 5.15. The zero-order valence-corrected chi connectivity index (χ0v) is 12.2. The molecule has 1 saturated heterocycles. The minimum absolute atomic E-state index is 0.365. The quantitative estimate of drug-likeness (QED) is 0.609. The fourth-order valence-corrected chi connectivity index (χ4v) is 3.95. The first-order valence-corrected chi connectivity index (χ1v) is 7.96. The summed E-state index contributed by atoms with van der Waals surface area (Å²) in [6.07, 6.45) is 4.58. The third kappa shape index (κ3) is 3.08. The van der Waals surface area contributed by atoms with Crippen LogP contribution in [0.3, 0.4) is 0 Å². The fraction of sp³-hybridized carbons (Fsp3) is 0.769. The van der Waals surface area contributed by atoms with Gasteiger partial charge < -0.3 is 0 Å². The van der Waals surface area contributed by atoms with Gasteiger partial charge in [0, 0.05) is 30.0 Å². The average Bonchev–Trinajstić information content (AvgIpc) is 3.04. The van der Waals surface area contributed by atoms with Gasteiger partial charge in [0.2, 0.25) is 0 Å². The lowest BCUT2D eigenvalue weighted by atomic mass is 10.0. The molecule has 0 radical (unpaired) electrons. The van der Waals surface area contributed by atoms with E-state index in [-0.39, 0.29) is 0 Å². The molecule has 5 heteroatoms. The Kier molecular flexibility index (Phi) is 5.09. The van der Waals surface area contributed by atoms with Gasteiger partial charge >= 0.3 is 0 Å². The number of aryl methyl sites for hydroxylation is 2. The van der Waals surface area contributed by atoms with E-state index in [1.165, 1.54) is 30.0 Å². The van der Waals surface area contributed by atoms with E-state index < -0.39 is 0 Å². The van der Waals surface area contributed by atoms with Crippen molar-refractivity contribution in [2.45, 2.75) is 57.4 Å². The van der Waals surface area contributed by atoms with Crippen LogP contribution < -0.4 is 11.3 Å². The Morgan fingerprint density at radius 3 is 3.00 bits per heavy atom. The normalized spacial score (nSPS) is 21.4. The van der Waals surface area contributed by atoms with E-state index in [9.17, 15) is 0 Å². The van der Waals surface area contributed by atoms with Crippen molar-refractivity contribution in [3.05, 3.63) is 17.5 Å². The molecule has 0 spiro atoms. The second-order valence-electron chi connectivity index (χ2n) is 4.83. The highest BCUT2D eigenvalue weighted by Crippen LogP contribution is 2.30. The maximum absolute atomic E-state index is 5.74. The molecule has 102 valence electrons. The highest BCUT2D eigenvalue weighted by atomic mass is 32.2. The van der Waals surface area contributed by atoms with Crippen molar-refractivity contribution in [1.82, 2.24) is 15.2 Å². The van der Waals surface area contributed by atoms with Crippen molar-refractivity contribution in [3.63, 3.8) is 0 Å². The molecule has 1 fully saturated rings. The van der Waals surface area contributed by atoms with Crippen molar-refractivity contribution in [3.8, 4) is 0 Å². The molecule has 0 amide bonds. The van der Waals surface area contributed by atoms with Gasteiger partial charge in [-0.1, -0.05) is 6.92 Å². The van der Waals surface area contributed by atoms with E-state index in [0.717, 1.165) is 19.4 Å². The number of hydrogen-bond acceptors (Lipinski definition) is 4. The van der Waals surface area contributed by atoms with Crippen LogP contribution in [-0.4, -0.2) is 26.8 Å². The number of nitrogens with one attached hydrogen (secondary N) is 1. The number of hydrazine groups is 1. The molecule has 2 rings (SSSR count). The van der Waals surface area contributed by atoms with Crippen LogP contribution in [0.4, 0.5) is 0 Å². The van der Waals surface area contributed by atoms with Crippen LogP contribution >= 0.6 is 11.8 Å². The Hall–Kier alpha value is -0.520. The monoisotopic (exact) mass is 268 g/mol. The number of nitrogens with two attached hydrogens (primary N) is 1. The standard InChI is InChI=1S/C13H24N4S/c1-3-10-8-11(17(4-2)16-10)9-12(15-14)13-6-5-7-18-13/h8,12-13,15H,3-7,9,14H2,1-2H3. The van der Waals surface area contributed by atoms with E-state index in [1.807, 2.05) is 11.8 Å². The highest BCUT2D eigenvalue weighted by Gasteiger charge is 2.26. The largest absolute Gasteiger partial charge is 0.271 e. The van der Waals surface area contributed by atoms with Crippen LogP contribution in [0.2, 0.25) is 0 Å². The van der Waals surface area contributed by atoms with E-state index >= 15 is 0 Å². The summed E-state index contributed by atoms with van der Waals surface area (Å²) in [7, 11) is 0. The molecular weight excluding hydrogens is 244 g/mol. The molecule has 0 aliphatic carbocycles. The number of aromatic nitrogens is 2. The molecular formula is C13H24N4S. The van der Waals surface area contributed by atoms with E-state index in [4.69, 9.17) is 5.84 Å². The zero-order valence-electron chi connectivity index (χ0n) is 11.4. The van der Waals surface area contributed by atoms with Crippen LogP contribution in [0.5, 0.6) is 0 Å². The van der Waals surface area contributed by atoms with Crippen LogP contribution in [0.15, 0.2) is 6.07 Å². The Morgan fingerprint density at radius 2 is 2.44 bits per heavy atom. The van der Waals surface area contributed by atoms with Gasteiger partial charge in [0.25, 0.3) is 0 Å². The minimum Gasteiger partial charge on any atom is -0.271 e. The van der Waals surface area contributed by atoms with E-state index in [1.54, 1.807) is 0 Å². The summed E-state index contributed by atoms with van der Waals surface area (Å²) >= 11 is 2.05. The predicted molar refractivity (Wildman–Crippen MR) is 77.6 cm³/mol. The van der Waals surface area contributed by atoms with Gasteiger partial charge in [-0.3, -0.25) is 16.0 Å². The fourth-order valence-electron chi connectivity index (χ4n) is 2.57. The topological polar surface area (TPSA) is 55.9 Å². The number of rotatable bonds is 6. The second kappa shape index (κ2) is 6.59. The molecule has 2 unspecified atom stereocenters. The summed E-state index contributed by atoms with van der Waals surface area (Å²) in [4.78, 5) is 0. The summed E-state index contributed by atoms with van der Waals surface area (Å²) in [6, 6.07) is 2.59. The molecule has 18 heavy (non-hydrogen) atoms. The van der Waals surface area contributed by atoms with Gasteiger partial charge in [0.05, 0.1) is 5.69 Å². The molecule has 2 atom stereocenters. The third-order valence-electron chi connectivity index (χ3n) is 3.63. The maximum atomic E-state index is 5.74. The van der Waals surface area contributed by atoms with Gasteiger partial charge in [-0.05, 0) is 38.0 Å². The van der Waals surface area contributed by atoms with Gasteiger partial charge in [-0.25, -0.2) is 0 Å². The Balaban J connectivity index is 2.07. The number of nitrogens with zero attached hydrogens (tertiary/aromatic N) is 2. The van der Waals surface area contributed by atoms with Gasteiger partial charge in [-0.15, -0.1) is 0 Å². The summed E-state index contributed by atoms with van der Waals surface area (Å²) in [5.74, 6) is 7.01. The smallest absolute Gasteiger partial charge is 0.0624 e. The van der Waals surface area contributed by atoms with Crippen LogP contribution in [-0.2, 0) is 19.4 Å². The second-order valence-corrected chi connectivity index (χ2v) is 6.17. The molecule has 0 bridgehead atoms. The van der Waals surface area contributed by atoms with Crippen molar-refractivity contribution in [1.29, 1.82) is 0 Å². The molecule has 4 nitrogen and oxygen atoms in total. The van der Waals surface area contributed by atoms with Crippen molar-refractivity contribution < 1.29 is 0 Å². The van der Waals surface area contributed by atoms with Crippen LogP contribution in [0.25, 0.3) is 0 Å². The van der Waals surface area contributed by atoms with Crippen molar-refractivity contribution in [2.24, 2.45) is 5.84 Å². The SMILES string of the molecule is CCc1cc(CC(NN)C2CCCS2)n(CC)n1. The molecule has 0 saturated carbocycles. The molecule has 1 aromatic heterocycles. The lowest BCUT2D eigenvalue weighted by Crippen LogP contribution is -2.43. The summed E-state index contributed by atoms with van der Waals surface area (Å²) < 4.78 is 2.11. The minimum atomic E-state index is 0.365. The summed E-state index contributed by atoms with van der Waals surface area (Å²) in [5, 5.41) is 5.26. The van der Waals surface area contributed by atoms with Gasteiger partial charge in [0.1, 0.15) is 0 Å². The van der Waals surface area contributed by atoms with Crippen molar-refractivity contribution in [2.75, 3.05) is 5.75 Å². The molecule has 3 N–H and O–H groups in total. The van der Waals surface area contributed by atoms with Gasteiger partial charge in [-0.2, -0.15) is 16.9 Å². The van der Waals surface area contributed by atoms with Crippen molar-refractivity contribution >= 4 is 11.8 Å². The molecule has 2 heterocycles. The first-order valence-electron chi connectivity index (χ1n) is 6.91. The predicted octanol–water partition coefficient (Wildman–Crippen LogP) is 1.74. The summed E-state index contributed by atoms with van der Waals surface area (Å²) in [5.41, 5.74) is 5.50. The van der Waals surface area contributed by atoms with Crippen LogP contribution in [0, 0.1) is 0 Å². The molecule has 1 aliphatic heterocycles. The highest BCUT2D eigenvalue weighted by molar-refractivity contribution is 8.00. The van der Waals surface area contributed by atoms with E-state index in [0.29, 0.717) is 11.3 Å². The lowest BCUT2D eigenvalue weighted by Gasteiger charge is -2.22. The molecule has 1 aromatic rings. The first-order chi connectivity index (χ1) is 8.78. The zero-order chi connectivity index (χ0) is 13.0. The van der Waals surface area contributed by atoms with Gasteiger partial charge in [0.15, 0.2) is 0 Å². The molecule has 0 aromatic carbocycles. The average molecular weight is 268 g/mol. The first kappa shape index (κ1) is 13.9. The lowest BCUT2D eigenvalue weighted by molar-refractivity contribution is 0.475. The molecule has 1 aliphatic rings. The Labute approximate surface area is 114 Å². The summed E-state index contributed by atoms with van der Waals surface area (Å²) in [6.45, 7) is 5.23. The van der Waals surface area contributed by atoms with Crippen LogP contribution in [0.1, 0.15) is 38.1 Å².